The number of nitrogens with one attached hydrogen (secondary N) is 1. The monoisotopic (exact) mass is 420 g/mol. The number of rotatable bonds is 6. The summed E-state index contributed by atoms with van der Waals surface area (Å²) in [6.07, 6.45) is 1.45. The zero-order chi connectivity index (χ0) is 18.9. The molecule has 0 spiro atoms. The molecule has 26 heavy (non-hydrogen) atoms. The van der Waals surface area contributed by atoms with Gasteiger partial charge in [-0.15, -0.1) is 10.2 Å². The van der Waals surface area contributed by atoms with Crippen LogP contribution in [0.1, 0.15) is 39.5 Å². The van der Waals surface area contributed by atoms with Crippen molar-refractivity contribution in [3.8, 4) is 11.5 Å². The van der Waals surface area contributed by atoms with E-state index in [2.05, 4.69) is 45.3 Å². The predicted octanol–water partition coefficient (Wildman–Crippen LogP) is 3.75. The number of imide groups is 1. The van der Waals surface area contributed by atoms with Crippen molar-refractivity contribution in [1.29, 1.82) is 0 Å². The number of urea groups is 1. The number of carbonyl (C=O) groups excluding carboxylic acids is 2. The minimum atomic E-state index is -0.879. The number of aromatic nitrogens is 2. The number of hydrogen-bond donors (Lipinski definition) is 1. The van der Waals surface area contributed by atoms with E-state index in [0.717, 1.165) is 21.4 Å². The Balaban J connectivity index is 1.72. The normalized spacial score (nSPS) is 20.1. The summed E-state index contributed by atoms with van der Waals surface area (Å²) in [4.78, 5) is 26.1. The topological polar surface area (TPSA) is 88.3 Å². The second-order valence-electron chi connectivity index (χ2n) is 7.09. The van der Waals surface area contributed by atoms with E-state index in [1.807, 2.05) is 24.3 Å². The van der Waals surface area contributed by atoms with E-state index in [1.54, 1.807) is 6.92 Å². The number of hydrogen-bond acceptors (Lipinski definition) is 5. The Labute approximate surface area is 160 Å². The van der Waals surface area contributed by atoms with Crippen LogP contribution in [0.2, 0.25) is 0 Å². The number of carbonyl (C=O) groups is 2. The molecule has 3 rings (SSSR count). The average molecular weight is 421 g/mol. The Bertz CT molecular complexity index is 818. The molecule has 1 atom stereocenters. The van der Waals surface area contributed by atoms with Gasteiger partial charge in [-0.1, -0.05) is 29.8 Å². The molecule has 1 saturated heterocycles. The van der Waals surface area contributed by atoms with Crippen molar-refractivity contribution in [2.24, 2.45) is 5.92 Å². The van der Waals surface area contributed by atoms with Crippen LogP contribution < -0.4 is 5.32 Å². The van der Waals surface area contributed by atoms with Crippen LogP contribution in [0.15, 0.2) is 33.2 Å². The van der Waals surface area contributed by atoms with Crippen LogP contribution in [0, 0.1) is 5.92 Å². The van der Waals surface area contributed by atoms with Crippen molar-refractivity contribution in [3.63, 3.8) is 0 Å². The molecule has 1 aromatic heterocycles. The molecule has 2 aromatic rings. The van der Waals surface area contributed by atoms with Crippen molar-refractivity contribution in [2.75, 3.05) is 0 Å². The molecule has 8 heteroatoms. The van der Waals surface area contributed by atoms with Gasteiger partial charge in [0, 0.05) is 10.0 Å². The molecule has 138 valence electrons. The van der Waals surface area contributed by atoms with Crippen molar-refractivity contribution in [1.82, 2.24) is 20.4 Å². The second kappa shape index (κ2) is 7.19. The third-order valence-electron chi connectivity index (χ3n) is 4.42. The first kappa shape index (κ1) is 18.6. The molecule has 0 aliphatic carbocycles. The minimum Gasteiger partial charge on any atom is -0.419 e. The Morgan fingerprint density at radius 2 is 1.92 bits per heavy atom. The van der Waals surface area contributed by atoms with Gasteiger partial charge in [0.25, 0.3) is 5.91 Å². The van der Waals surface area contributed by atoms with Crippen LogP contribution in [0.25, 0.3) is 11.5 Å². The highest BCUT2D eigenvalue weighted by Crippen LogP contribution is 2.27. The van der Waals surface area contributed by atoms with Crippen LogP contribution in [0.3, 0.4) is 0 Å². The lowest BCUT2D eigenvalue weighted by molar-refractivity contribution is -0.131. The molecule has 1 aromatic carbocycles. The van der Waals surface area contributed by atoms with E-state index < -0.39 is 11.6 Å². The molecule has 7 nitrogen and oxygen atoms in total. The van der Waals surface area contributed by atoms with Gasteiger partial charge in [0.1, 0.15) is 12.1 Å². The minimum absolute atomic E-state index is 0.0362. The van der Waals surface area contributed by atoms with Crippen LogP contribution in [0.5, 0.6) is 0 Å². The number of amides is 3. The van der Waals surface area contributed by atoms with E-state index in [4.69, 9.17) is 4.42 Å². The molecule has 1 N–H and O–H groups in total. The third-order valence-corrected chi connectivity index (χ3v) is 4.95. The van der Waals surface area contributed by atoms with E-state index >= 15 is 0 Å². The Morgan fingerprint density at radius 1 is 1.23 bits per heavy atom. The van der Waals surface area contributed by atoms with Gasteiger partial charge in [-0.3, -0.25) is 9.69 Å². The highest BCUT2D eigenvalue weighted by molar-refractivity contribution is 9.10. The first-order valence-corrected chi connectivity index (χ1v) is 9.30. The maximum Gasteiger partial charge on any atom is 0.325 e. The summed E-state index contributed by atoms with van der Waals surface area (Å²) in [7, 11) is 0. The van der Waals surface area contributed by atoms with Crippen molar-refractivity contribution < 1.29 is 14.0 Å². The predicted molar refractivity (Wildman–Crippen MR) is 99.0 cm³/mol. The van der Waals surface area contributed by atoms with Gasteiger partial charge in [0.15, 0.2) is 0 Å². The molecule has 3 amide bonds. The van der Waals surface area contributed by atoms with Gasteiger partial charge >= 0.3 is 6.03 Å². The summed E-state index contributed by atoms with van der Waals surface area (Å²) in [6, 6.07) is 7.01. The van der Waals surface area contributed by atoms with Gasteiger partial charge in [0.05, 0.1) is 0 Å². The van der Waals surface area contributed by atoms with Crippen molar-refractivity contribution in [2.45, 2.75) is 45.7 Å². The number of nitrogens with zero attached hydrogens (tertiary/aromatic N) is 3. The van der Waals surface area contributed by atoms with E-state index in [1.165, 1.54) is 0 Å². The largest absolute Gasteiger partial charge is 0.419 e. The standard InChI is InChI=1S/C18H21BrN4O3/c1-11(2)8-9-18(3)16(24)23(17(25)20-18)10-14-21-22-15(26-14)12-4-6-13(19)7-5-12/h4-7,11H,8-10H2,1-3H3,(H,20,25)/t18-/m1/s1. The zero-order valence-electron chi connectivity index (χ0n) is 15.0. The molecule has 2 heterocycles. The smallest absolute Gasteiger partial charge is 0.325 e. The second-order valence-corrected chi connectivity index (χ2v) is 8.01. The molecular weight excluding hydrogens is 400 g/mol. The zero-order valence-corrected chi connectivity index (χ0v) is 16.5. The lowest BCUT2D eigenvalue weighted by Crippen LogP contribution is -2.44. The van der Waals surface area contributed by atoms with Crippen LogP contribution in [-0.4, -0.2) is 32.6 Å². The highest BCUT2D eigenvalue weighted by atomic mass is 79.9. The Hall–Kier alpha value is -2.22. The molecule has 0 bridgehead atoms. The molecule has 0 saturated carbocycles. The summed E-state index contributed by atoms with van der Waals surface area (Å²) in [5, 5.41) is 10.8. The molecule has 0 unspecified atom stereocenters. The summed E-state index contributed by atoms with van der Waals surface area (Å²) in [5.41, 5.74) is -0.110. The van der Waals surface area contributed by atoms with E-state index in [0.29, 0.717) is 18.2 Å². The van der Waals surface area contributed by atoms with Gasteiger partial charge in [-0.2, -0.15) is 0 Å². The van der Waals surface area contributed by atoms with Gasteiger partial charge < -0.3 is 9.73 Å². The molecule has 1 fully saturated rings. The summed E-state index contributed by atoms with van der Waals surface area (Å²) < 4.78 is 6.57. The SMILES string of the molecule is CC(C)CC[C@@]1(C)NC(=O)N(Cc2nnc(-c3ccc(Br)cc3)o2)C1=O. The fourth-order valence-corrected chi connectivity index (χ4v) is 3.06. The maximum atomic E-state index is 12.7. The fourth-order valence-electron chi connectivity index (χ4n) is 2.80. The van der Waals surface area contributed by atoms with Crippen LogP contribution in [0.4, 0.5) is 4.79 Å². The van der Waals surface area contributed by atoms with E-state index in [9.17, 15) is 9.59 Å². The number of benzene rings is 1. The summed E-state index contributed by atoms with van der Waals surface area (Å²) >= 11 is 3.37. The average Bonchev–Trinajstić information content (AvgIpc) is 3.13. The Morgan fingerprint density at radius 3 is 2.58 bits per heavy atom. The lowest BCUT2D eigenvalue weighted by Gasteiger charge is -2.22. The summed E-state index contributed by atoms with van der Waals surface area (Å²) in [5.74, 6) is 0.767. The van der Waals surface area contributed by atoms with E-state index in [-0.39, 0.29) is 18.3 Å². The number of halogens is 1. The first-order chi connectivity index (χ1) is 12.3. The van der Waals surface area contributed by atoms with Gasteiger partial charge in [0.2, 0.25) is 11.8 Å². The maximum absolute atomic E-state index is 12.7. The van der Waals surface area contributed by atoms with Crippen LogP contribution >= 0.6 is 15.9 Å². The quantitative estimate of drug-likeness (QED) is 0.718. The molecule has 0 radical (unpaired) electrons. The Kier molecular flexibility index (Phi) is 5.13. The van der Waals surface area contributed by atoms with Crippen molar-refractivity contribution >= 4 is 27.9 Å². The van der Waals surface area contributed by atoms with Crippen molar-refractivity contribution in [3.05, 3.63) is 34.6 Å². The molecular formula is C18H21BrN4O3. The van der Waals surface area contributed by atoms with Gasteiger partial charge in [-0.25, -0.2) is 4.79 Å². The lowest BCUT2D eigenvalue weighted by atomic mass is 9.92. The van der Waals surface area contributed by atoms with Gasteiger partial charge in [-0.05, 0) is 49.9 Å². The fraction of sp³-hybridized carbons (Fsp3) is 0.444. The van der Waals surface area contributed by atoms with Crippen LogP contribution in [-0.2, 0) is 11.3 Å². The molecule has 1 aliphatic rings. The third kappa shape index (κ3) is 3.80. The molecule has 1 aliphatic heterocycles. The highest BCUT2D eigenvalue weighted by Gasteiger charge is 2.47. The summed E-state index contributed by atoms with van der Waals surface area (Å²) in [6.45, 7) is 5.90. The first-order valence-electron chi connectivity index (χ1n) is 8.51.